The van der Waals surface area contributed by atoms with Crippen molar-refractivity contribution in [1.82, 2.24) is 5.32 Å². The first-order valence-electron chi connectivity index (χ1n) is 6.95. The van der Waals surface area contributed by atoms with Gasteiger partial charge in [0.25, 0.3) is 11.1 Å². The molecule has 8 nitrogen and oxygen atoms in total. The van der Waals surface area contributed by atoms with Crippen molar-refractivity contribution in [2.24, 2.45) is 0 Å². The van der Waals surface area contributed by atoms with Gasteiger partial charge in [-0.1, -0.05) is 6.07 Å². The van der Waals surface area contributed by atoms with Crippen molar-refractivity contribution in [2.75, 3.05) is 0 Å². The zero-order valence-electron chi connectivity index (χ0n) is 12.5. The molecule has 1 aliphatic rings. The monoisotopic (exact) mass is 361 g/mol. The Morgan fingerprint density at radius 2 is 2.08 bits per heavy atom. The molecular formula is C16H11NO7S. The van der Waals surface area contributed by atoms with E-state index in [9.17, 15) is 19.5 Å². The lowest BCUT2D eigenvalue weighted by molar-refractivity contribution is -0.115. The summed E-state index contributed by atoms with van der Waals surface area (Å²) >= 11 is 0.779. The molecule has 25 heavy (non-hydrogen) atoms. The maximum atomic E-state index is 11.5. The number of imide groups is 1. The number of rotatable bonds is 5. The molecule has 0 unspecified atom stereocenters. The zero-order chi connectivity index (χ0) is 18.0. The average Bonchev–Trinajstić information content (AvgIpc) is 3.13. The Kier molecular flexibility index (Phi) is 4.48. The van der Waals surface area contributed by atoms with E-state index in [1.165, 1.54) is 30.3 Å². The summed E-state index contributed by atoms with van der Waals surface area (Å²) in [5.41, 5.74) is 0.517. The Balaban J connectivity index is 1.69. The number of amides is 2. The quantitative estimate of drug-likeness (QED) is 0.694. The van der Waals surface area contributed by atoms with Crippen LogP contribution in [0.15, 0.2) is 39.7 Å². The molecule has 0 radical (unpaired) electrons. The fourth-order valence-electron chi connectivity index (χ4n) is 2.04. The second-order valence-electron chi connectivity index (χ2n) is 4.94. The largest absolute Gasteiger partial charge is 0.504 e. The van der Waals surface area contributed by atoms with Crippen LogP contribution in [-0.2, 0) is 11.4 Å². The van der Waals surface area contributed by atoms with E-state index >= 15 is 0 Å². The number of carboxylic acids is 1. The first-order valence-corrected chi connectivity index (χ1v) is 7.76. The molecule has 128 valence electrons. The highest BCUT2D eigenvalue weighted by Gasteiger charge is 2.25. The van der Waals surface area contributed by atoms with Gasteiger partial charge in [-0.25, -0.2) is 4.79 Å². The number of ether oxygens (including phenoxy) is 1. The Morgan fingerprint density at radius 1 is 1.28 bits per heavy atom. The molecule has 1 saturated heterocycles. The predicted molar refractivity (Wildman–Crippen MR) is 87.2 cm³/mol. The Labute approximate surface area is 145 Å². The van der Waals surface area contributed by atoms with Crippen LogP contribution in [-0.4, -0.2) is 27.3 Å². The summed E-state index contributed by atoms with van der Waals surface area (Å²) in [6.07, 6.45) is 1.47. The van der Waals surface area contributed by atoms with Crippen molar-refractivity contribution in [3.8, 4) is 11.5 Å². The summed E-state index contributed by atoms with van der Waals surface area (Å²) in [6.45, 7) is -0.0615. The van der Waals surface area contributed by atoms with Crippen LogP contribution in [0, 0.1) is 0 Å². The third-order valence-corrected chi connectivity index (χ3v) is 3.98. The van der Waals surface area contributed by atoms with E-state index in [-0.39, 0.29) is 28.8 Å². The van der Waals surface area contributed by atoms with E-state index in [0.29, 0.717) is 11.3 Å². The van der Waals surface area contributed by atoms with Gasteiger partial charge in [-0.15, -0.1) is 0 Å². The first kappa shape index (κ1) is 16.7. The van der Waals surface area contributed by atoms with E-state index in [2.05, 4.69) is 5.32 Å². The van der Waals surface area contributed by atoms with E-state index in [1.807, 2.05) is 0 Å². The zero-order valence-corrected chi connectivity index (χ0v) is 13.3. The third-order valence-electron chi connectivity index (χ3n) is 3.17. The molecular weight excluding hydrogens is 350 g/mol. The topological polar surface area (TPSA) is 126 Å². The molecule has 0 saturated carbocycles. The average molecular weight is 361 g/mol. The number of phenolic OH excluding ortho intramolecular Hbond substituents is 1. The number of phenols is 1. The number of nitrogens with one attached hydrogen (secondary N) is 1. The summed E-state index contributed by atoms with van der Waals surface area (Å²) < 4.78 is 10.4. The number of carbonyl (C=O) groups excluding carboxylic acids is 2. The lowest BCUT2D eigenvalue weighted by Gasteiger charge is -2.07. The molecule has 3 N–H and O–H groups in total. The molecule has 1 aromatic heterocycles. The highest BCUT2D eigenvalue weighted by molar-refractivity contribution is 8.18. The smallest absolute Gasteiger partial charge is 0.371 e. The lowest BCUT2D eigenvalue weighted by atomic mass is 10.2. The van der Waals surface area contributed by atoms with Crippen LogP contribution in [0.25, 0.3) is 6.08 Å². The van der Waals surface area contributed by atoms with Crippen LogP contribution in [0.3, 0.4) is 0 Å². The number of benzene rings is 1. The van der Waals surface area contributed by atoms with Crippen molar-refractivity contribution >= 4 is 35.0 Å². The minimum atomic E-state index is -1.18. The number of hydrogen-bond acceptors (Lipinski definition) is 7. The summed E-state index contributed by atoms with van der Waals surface area (Å²) in [5, 5.41) is 20.5. The van der Waals surface area contributed by atoms with Crippen molar-refractivity contribution in [1.29, 1.82) is 0 Å². The minimum Gasteiger partial charge on any atom is -0.504 e. The lowest BCUT2D eigenvalue weighted by Crippen LogP contribution is -2.17. The van der Waals surface area contributed by atoms with Crippen LogP contribution in [0.1, 0.15) is 21.9 Å². The molecule has 1 aliphatic heterocycles. The summed E-state index contributed by atoms with van der Waals surface area (Å²) in [5.74, 6) is -1.59. The number of carbonyl (C=O) groups is 3. The maximum absolute atomic E-state index is 11.5. The second kappa shape index (κ2) is 6.73. The van der Waals surface area contributed by atoms with Gasteiger partial charge in [0, 0.05) is 0 Å². The number of furan rings is 1. The number of hydrogen-bond donors (Lipinski definition) is 3. The van der Waals surface area contributed by atoms with Gasteiger partial charge < -0.3 is 19.4 Å². The van der Waals surface area contributed by atoms with Crippen molar-refractivity contribution in [2.45, 2.75) is 6.61 Å². The molecule has 9 heteroatoms. The SMILES string of the molecule is O=C1NC(=O)/C(=C\c2ccc(OCc3ccc(C(=O)O)o3)c(O)c2)S1. The Bertz CT molecular complexity index is 900. The predicted octanol–water partition coefficient (Wildman–Crippen LogP) is 2.59. The molecule has 0 spiro atoms. The standard InChI is InChI=1S/C16H11NO7S/c18-10-5-8(6-13-14(19)17-16(22)25-13)1-3-11(10)23-7-9-2-4-12(24-9)15(20)21/h1-6,18H,7H2,(H,20,21)(H,17,19,22)/b13-6+. The normalized spacial score (nSPS) is 15.4. The van der Waals surface area contributed by atoms with Crippen LogP contribution in [0.4, 0.5) is 4.79 Å². The number of aromatic hydroxyl groups is 1. The van der Waals surface area contributed by atoms with Gasteiger partial charge in [-0.3, -0.25) is 14.9 Å². The third kappa shape index (κ3) is 3.83. The summed E-state index contributed by atoms with van der Waals surface area (Å²) in [4.78, 5) is 33.6. The van der Waals surface area contributed by atoms with E-state index in [4.69, 9.17) is 14.3 Å². The highest BCUT2D eigenvalue weighted by atomic mass is 32.2. The molecule has 3 rings (SSSR count). The van der Waals surface area contributed by atoms with Gasteiger partial charge in [0.05, 0.1) is 4.91 Å². The summed E-state index contributed by atoms with van der Waals surface area (Å²) in [6, 6.07) is 7.24. The van der Waals surface area contributed by atoms with Gasteiger partial charge >= 0.3 is 5.97 Å². The van der Waals surface area contributed by atoms with Crippen molar-refractivity contribution in [3.05, 3.63) is 52.3 Å². The van der Waals surface area contributed by atoms with Crippen molar-refractivity contribution < 1.29 is 33.8 Å². The Morgan fingerprint density at radius 3 is 2.68 bits per heavy atom. The minimum absolute atomic E-state index is 0.0615. The van der Waals surface area contributed by atoms with Gasteiger partial charge in [-0.2, -0.15) is 0 Å². The molecule has 2 amide bonds. The van der Waals surface area contributed by atoms with Crippen LogP contribution < -0.4 is 10.1 Å². The van der Waals surface area contributed by atoms with Gasteiger partial charge in [0.15, 0.2) is 11.5 Å². The number of carboxylic acid groups (broad SMARTS) is 1. The first-order chi connectivity index (χ1) is 11.9. The van der Waals surface area contributed by atoms with Gasteiger partial charge in [0.2, 0.25) is 5.76 Å². The van der Waals surface area contributed by atoms with E-state index in [0.717, 1.165) is 11.8 Å². The van der Waals surface area contributed by atoms with Crippen LogP contribution in [0.2, 0.25) is 0 Å². The van der Waals surface area contributed by atoms with Gasteiger partial charge in [-0.05, 0) is 47.7 Å². The van der Waals surface area contributed by atoms with E-state index < -0.39 is 17.1 Å². The number of aromatic carboxylic acids is 1. The molecule has 2 heterocycles. The van der Waals surface area contributed by atoms with Crippen LogP contribution in [0.5, 0.6) is 11.5 Å². The molecule has 1 fully saturated rings. The molecule has 0 atom stereocenters. The molecule has 2 aromatic rings. The molecule has 0 aliphatic carbocycles. The van der Waals surface area contributed by atoms with Crippen LogP contribution >= 0.6 is 11.8 Å². The van der Waals surface area contributed by atoms with E-state index in [1.54, 1.807) is 6.07 Å². The molecule has 0 bridgehead atoms. The maximum Gasteiger partial charge on any atom is 0.371 e. The fourth-order valence-corrected chi connectivity index (χ4v) is 2.72. The summed E-state index contributed by atoms with van der Waals surface area (Å²) in [7, 11) is 0. The highest BCUT2D eigenvalue weighted by Crippen LogP contribution is 2.31. The van der Waals surface area contributed by atoms with Crippen molar-refractivity contribution in [3.63, 3.8) is 0 Å². The van der Waals surface area contributed by atoms with Gasteiger partial charge in [0.1, 0.15) is 12.4 Å². The second-order valence-corrected chi connectivity index (χ2v) is 5.95. The number of thioether (sulfide) groups is 1. The Hall–Kier alpha value is -3.20. The fraction of sp³-hybridized carbons (Fsp3) is 0.0625. The molecule has 1 aromatic carbocycles.